The molecule has 92 valence electrons. The van der Waals surface area contributed by atoms with E-state index in [0.29, 0.717) is 23.4 Å². The van der Waals surface area contributed by atoms with Crippen molar-refractivity contribution in [2.45, 2.75) is 70.7 Å². The Bertz CT molecular complexity index is 299. The lowest BCUT2D eigenvalue weighted by Gasteiger charge is -2.54. The van der Waals surface area contributed by atoms with Crippen LogP contribution < -0.4 is 0 Å². The number of ether oxygens (including phenoxy) is 1. The van der Waals surface area contributed by atoms with E-state index in [2.05, 4.69) is 20.8 Å². The Kier molecular flexibility index (Phi) is 2.23. The largest absolute Gasteiger partial charge is 0.393 e. The van der Waals surface area contributed by atoms with Gasteiger partial charge in [-0.1, -0.05) is 13.8 Å². The van der Waals surface area contributed by atoms with Gasteiger partial charge in [0.1, 0.15) is 0 Å². The lowest BCUT2D eigenvalue weighted by atomic mass is 9.52. The molecule has 3 rings (SSSR count). The number of fused-ring (bicyclic) bond motifs is 2. The molecule has 2 heteroatoms. The molecule has 3 aliphatic rings. The summed E-state index contributed by atoms with van der Waals surface area (Å²) in [5, 5.41) is 10.2. The van der Waals surface area contributed by atoms with Crippen LogP contribution in [0.4, 0.5) is 0 Å². The van der Waals surface area contributed by atoms with Gasteiger partial charge in [-0.05, 0) is 56.3 Å². The minimum Gasteiger partial charge on any atom is -0.393 e. The van der Waals surface area contributed by atoms with Gasteiger partial charge in [-0.3, -0.25) is 0 Å². The molecule has 2 aliphatic carbocycles. The molecular formula is C14H24O2. The highest BCUT2D eigenvalue weighted by atomic mass is 16.6. The first kappa shape index (κ1) is 11.0. The van der Waals surface area contributed by atoms with Gasteiger partial charge in [-0.2, -0.15) is 0 Å². The summed E-state index contributed by atoms with van der Waals surface area (Å²) in [4.78, 5) is 0. The van der Waals surface area contributed by atoms with Crippen molar-refractivity contribution in [3.05, 3.63) is 0 Å². The van der Waals surface area contributed by atoms with Crippen molar-refractivity contribution in [2.75, 3.05) is 0 Å². The molecule has 0 bridgehead atoms. The second-order valence-corrected chi connectivity index (χ2v) is 7.07. The Hall–Kier alpha value is -0.0800. The van der Waals surface area contributed by atoms with E-state index in [1.165, 1.54) is 19.3 Å². The summed E-state index contributed by atoms with van der Waals surface area (Å²) in [6.45, 7) is 6.95. The first-order valence-electron chi connectivity index (χ1n) is 6.78. The second-order valence-electron chi connectivity index (χ2n) is 7.07. The first-order valence-corrected chi connectivity index (χ1v) is 6.78. The fourth-order valence-corrected chi connectivity index (χ4v) is 4.18. The molecule has 2 nitrogen and oxygen atoms in total. The average molecular weight is 224 g/mol. The van der Waals surface area contributed by atoms with Gasteiger partial charge in [-0.25, -0.2) is 0 Å². The number of hydrogen-bond acceptors (Lipinski definition) is 2. The fraction of sp³-hybridized carbons (Fsp3) is 1.00. The average Bonchev–Trinajstić information content (AvgIpc) is 2.82. The van der Waals surface area contributed by atoms with Gasteiger partial charge >= 0.3 is 0 Å². The smallest absolute Gasteiger partial charge is 0.0920 e. The van der Waals surface area contributed by atoms with E-state index < -0.39 is 0 Å². The topological polar surface area (TPSA) is 32.8 Å². The van der Waals surface area contributed by atoms with Crippen LogP contribution in [0.1, 0.15) is 52.9 Å². The van der Waals surface area contributed by atoms with Crippen LogP contribution in [0.25, 0.3) is 0 Å². The van der Waals surface area contributed by atoms with E-state index in [0.717, 1.165) is 12.8 Å². The zero-order valence-corrected chi connectivity index (χ0v) is 10.7. The molecule has 16 heavy (non-hydrogen) atoms. The van der Waals surface area contributed by atoms with E-state index >= 15 is 0 Å². The predicted octanol–water partition coefficient (Wildman–Crippen LogP) is 2.74. The molecule has 0 amide bonds. The fourth-order valence-electron chi connectivity index (χ4n) is 4.18. The van der Waals surface area contributed by atoms with Gasteiger partial charge in [0.25, 0.3) is 0 Å². The van der Waals surface area contributed by atoms with Crippen molar-refractivity contribution in [1.82, 2.24) is 0 Å². The van der Waals surface area contributed by atoms with Gasteiger partial charge in [-0.15, -0.1) is 0 Å². The van der Waals surface area contributed by atoms with Crippen LogP contribution in [0.5, 0.6) is 0 Å². The van der Waals surface area contributed by atoms with Crippen LogP contribution in [-0.2, 0) is 4.74 Å². The van der Waals surface area contributed by atoms with Crippen LogP contribution in [0, 0.1) is 17.3 Å². The molecule has 1 N–H and O–H groups in total. The van der Waals surface area contributed by atoms with Gasteiger partial charge in [0.2, 0.25) is 0 Å². The van der Waals surface area contributed by atoms with E-state index in [9.17, 15) is 5.11 Å². The highest BCUT2D eigenvalue weighted by Gasteiger charge is 2.56. The summed E-state index contributed by atoms with van der Waals surface area (Å²) in [6.07, 6.45) is 5.99. The maximum atomic E-state index is 10.2. The zero-order chi connectivity index (χ0) is 11.6. The molecule has 5 atom stereocenters. The highest BCUT2D eigenvalue weighted by Crippen LogP contribution is 2.58. The molecule has 0 aromatic carbocycles. The number of aliphatic hydroxyl groups is 1. The van der Waals surface area contributed by atoms with Crippen LogP contribution in [0.2, 0.25) is 0 Å². The van der Waals surface area contributed by atoms with Crippen LogP contribution in [0.3, 0.4) is 0 Å². The maximum Gasteiger partial charge on any atom is 0.0920 e. The van der Waals surface area contributed by atoms with Gasteiger partial charge in [0.05, 0.1) is 17.8 Å². The summed E-state index contributed by atoms with van der Waals surface area (Å²) in [5.74, 6) is 1.28. The van der Waals surface area contributed by atoms with Crippen LogP contribution in [-0.4, -0.2) is 22.9 Å². The summed E-state index contributed by atoms with van der Waals surface area (Å²) < 4.78 is 5.79. The van der Waals surface area contributed by atoms with E-state index in [-0.39, 0.29) is 11.7 Å². The van der Waals surface area contributed by atoms with Gasteiger partial charge in [0, 0.05) is 0 Å². The molecule has 1 heterocycles. The van der Waals surface area contributed by atoms with Crippen molar-refractivity contribution in [1.29, 1.82) is 0 Å². The van der Waals surface area contributed by atoms with Gasteiger partial charge < -0.3 is 9.84 Å². The van der Waals surface area contributed by atoms with E-state index in [1.807, 2.05) is 0 Å². The Morgan fingerprint density at radius 2 is 1.88 bits per heavy atom. The van der Waals surface area contributed by atoms with Crippen molar-refractivity contribution in [3.8, 4) is 0 Å². The summed E-state index contributed by atoms with van der Waals surface area (Å²) >= 11 is 0. The van der Waals surface area contributed by atoms with Gasteiger partial charge in [0.15, 0.2) is 0 Å². The quantitative estimate of drug-likeness (QED) is 0.642. The molecule has 0 unspecified atom stereocenters. The summed E-state index contributed by atoms with van der Waals surface area (Å²) in [5.41, 5.74) is 0.594. The maximum absolute atomic E-state index is 10.2. The molecule has 1 aliphatic heterocycles. The number of epoxide rings is 1. The molecule has 0 radical (unpaired) electrons. The van der Waals surface area contributed by atoms with E-state index in [4.69, 9.17) is 4.74 Å². The Labute approximate surface area is 98.4 Å². The van der Waals surface area contributed by atoms with Crippen LogP contribution >= 0.6 is 0 Å². The van der Waals surface area contributed by atoms with E-state index in [1.54, 1.807) is 0 Å². The lowest BCUT2D eigenvalue weighted by Crippen LogP contribution is -2.49. The third-order valence-electron chi connectivity index (χ3n) is 5.49. The predicted molar refractivity (Wildman–Crippen MR) is 63.1 cm³/mol. The third kappa shape index (κ3) is 1.53. The number of aliphatic hydroxyl groups excluding tert-OH is 1. The normalized spacial score (nSPS) is 54.8. The van der Waals surface area contributed by atoms with Crippen molar-refractivity contribution < 1.29 is 9.84 Å². The molecule has 1 saturated heterocycles. The Morgan fingerprint density at radius 1 is 1.12 bits per heavy atom. The second kappa shape index (κ2) is 3.23. The van der Waals surface area contributed by atoms with Crippen LogP contribution in [0.15, 0.2) is 0 Å². The third-order valence-corrected chi connectivity index (χ3v) is 5.49. The molecular weight excluding hydrogens is 200 g/mol. The zero-order valence-electron chi connectivity index (χ0n) is 10.7. The Balaban J connectivity index is 1.75. The Morgan fingerprint density at radius 3 is 2.56 bits per heavy atom. The van der Waals surface area contributed by atoms with Crippen molar-refractivity contribution in [3.63, 3.8) is 0 Å². The molecule has 2 saturated carbocycles. The highest BCUT2D eigenvalue weighted by molar-refractivity contribution is 5.05. The molecule has 0 aromatic rings. The molecule has 0 aromatic heterocycles. The minimum absolute atomic E-state index is 0.0791. The number of rotatable bonds is 0. The first-order chi connectivity index (χ1) is 7.42. The van der Waals surface area contributed by atoms with Crippen molar-refractivity contribution in [2.24, 2.45) is 17.3 Å². The molecule has 0 spiro atoms. The molecule has 3 fully saturated rings. The SMILES string of the molecule is CC1(C)C[C@@H]2[C@H](O)CC[C@H]3O[C@]3(C)CC[C@H]21. The summed E-state index contributed by atoms with van der Waals surface area (Å²) in [6, 6.07) is 0. The lowest BCUT2D eigenvalue weighted by molar-refractivity contribution is -0.0921. The standard InChI is InChI=1S/C14H24O2/c1-13(2)8-9-10(13)6-7-14(3)12(16-14)5-4-11(9)15/h9-12,15H,4-8H2,1-3H3/t9-,10+,11+,12+,14+/m0/s1. The monoisotopic (exact) mass is 224 g/mol. The summed E-state index contributed by atoms with van der Waals surface area (Å²) in [7, 11) is 0. The number of hydrogen-bond donors (Lipinski definition) is 1. The minimum atomic E-state index is -0.0791. The van der Waals surface area contributed by atoms with Crippen molar-refractivity contribution >= 4 is 0 Å².